The molecule has 0 atom stereocenters. The van der Waals surface area contributed by atoms with Crippen LogP contribution in [0.4, 0.5) is 0 Å². The number of rotatable bonds is 3. The lowest BCUT2D eigenvalue weighted by atomic mass is 10.2. The van der Waals surface area contributed by atoms with Crippen molar-refractivity contribution in [2.24, 2.45) is 0 Å². The van der Waals surface area contributed by atoms with Crippen LogP contribution in [0.25, 0.3) is 0 Å². The Hall–Kier alpha value is -1.36. The van der Waals surface area contributed by atoms with Gasteiger partial charge < -0.3 is 14.9 Å². The topological polar surface area (TPSA) is 75.4 Å². The van der Waals surface area contributed by atoms with Crippen molar-refractivity contribution in [3.63, 3.8) is 0 Å². The highest BCUT2D eigenvalue weighted by Crippen LogP contribution is 2.12. The zero-order valence-electron chi connectivity index (χ0n) is 6.92. The summed E-state index contributed by atoms with van der Waals surface area (Å²) in [5, 5.41) is 15.1. The Balaban J connectivity index is 3.04. The smallest absolute Gasteiger partial charge is 0.341 e. The third-order valence-electron chi connectivity index (χ3n) is 1.49. The largest absolute Gasteiger partial charge is 0.477 e. The van der Waals surface area contributed by atoms with Gasteiger partial charge in [-0.3, -0.25) is 0 Å². The maximum Gasteiger partial charge on any atom is 0.341 e. The Labute approximate surface area is 69.4 Å². The van der Waals surface area contributed by atoms with Crippen LogP contribution in [0.5, 0.6) is 0 Å². The molecule has 12 heavy (non-hydrogen) atoms. The fraction of sp³-hybridized carbons (Fsp3) is 0.429. The monoisotopic (exact) mass is 170 g/mol. The van der Waals surface area contributed by atoms with E-state index in [-0.39, 0.29) is 5.56 Å². The molecular formula is C7H10N2O3. The lowest BCUT2D eigenvalue weighted by Gasteiger charge is -1.94. The average Bonchev–Trinajstić information content (AvgIpc) is 2.32. The lowest BCUT2D eigenvalue weighted by molar-refractivity contribution is 0.0694. The summed E-state index contributed by atoms with van der Waals surface area (Å²) in [6.07, 6.45) is 0. The molecule has 0 unspecified atom stereocenters. The molecule has 0 aromatic carbocycles. The van der Waals surface area contributed by atoms with Gasteiger partial charge in [0, 0.05) is 6.54 Å². The van der Waals surface area contributed by atoms with Crippen LogP contribution in [0.3, 0.4) is 0 Å². The number of hydrogen-bond acceptors (Lipinski definition) is 4. The van der Waals surface area contributed by atoms with Gasteiger partial charge in [-0.05, 0) is 14.0 Å². The minimum absolute atomic E-state index is 0.157. The molecule has 1 aromatic heterocycles. The molecule has 2 N–H and O–H groups in total. The summed E-state index contributed by atoms with van der Waals surface area (Å²) in [4.78, 5) is 10.7. The second kappa shape index (κ2) is 3.36. The third-order valence-corrected chi connectivity index (χ3v) is 1.49. The highest BCUT2D eigenvalue weighted by molar-refractivity contribution is 5.89. The van der Waals surface area contributed by atoms with Gasteiger partial charge in [-0.2, -0.15) is 0 Å². The van der Waals surface area contributed by atoms with Crippen LogP contribution >= 0.6 is 0 Å². The van der Waals surface area contributed by atoms with E-state index in [1.165, 1.54) is 0 Å². The molecule has 5 nitrogen and oxygen atoms in total. The standard InChI is InChI=1S/C7H10N2O3/c1-4-6(7(10)11)5(3-8-2)9-12-4/h8H,3H2,1-2H3,(H,10,11). The third kappa shape index (κ3) is 1.45. The molecule has 0 amide bonds. The molecule has 1 aromatic rings. The van der Waals surface area contributed by atoms with E-state index in [1.807, 2.05) is 0 Å². The zero-order valence-corrected chi connectivity index (χ0v) is 6.92. The van der Waals surface area contributed by atoms with Gasteiger partial charge in [0.05, 0.1) is 0 Å². The van der Waals surface area contributed by atoms with E-state index in [2.05, 4.69) is 10.5 Å². The van der Waals surface area contributed by atoms with E-state index in [9.17, 15) is 4.79 Å². The summed E-state index contributed by atoms with van der Waals surface area (Å²) >= 11 is 0. The number of carbonyl (C=O) groups is 1. The summed E-state index contributed by atoms with van der Waals surface area (Å²) in [6.45, 7) is 1.98. The van der Waals surface area contributed by atoms with Crippen LogP contribution in [0.2, 0.25) is 0 Å². The molecule has 0 radical (unpaired) electrons. The van der Waals surface area contributed by atoms with Crippen molar-refractivity contribution in [3.05, 3.63) is 17.0 Å². The molecule has 1 heterocycles. The molecule has 66 valence electrons. The minimum Gasteiger partial charge on any atom is -0.477 e. The number of hydrogen-bond donors (Lipinski definition) is 2. The Bertz CT molecular complexity index is 293. The maximum absolute atomic E-state index is 10.7. The van der Waals surface area contributed by atoms with E-state index < -0.39 is 5.97 Å². The molecule has 0 aliphatic heterocycles. The first kappa shape index (κ1) is 8.73. The summed E-state index contributed by atoms with van der Waals surface area (Å²) in [5.74, 6) is -0.660. The number of nitrogens with one attached hydrogen (secondary N) is 1. The Morgan fingerprint density at radius 1 is 1.75 bits per heavy atom. The number of aromatic carboxylic acids is 1. The molecule has 0 spiro atoms. The molecule has 5 heteroatoms. The number of aryl methyl sites for hydroxylation is 1. The van der Waals surface area contributed by atoms with Crippen molar-refractivity contribution >= 4 is 5.97 Å². The SMILES string of the molecule is CNCc1noc(C)c1C(=O)O. The van der Waals surface area contributed by atoms with Crippen LogP contribution in [-0.4, -0.2) is 23.3 Å². The number of carboxylic acids is 1. The lowest BCUT2D eigenvalue weighted by Crippen LogP contribution is -2.10. The van der Waals surface area contributed by atoms with Crippen molar-refractivity contribution in [1.82, 2.24) is 10.5 Å². The first-order valence-corrected chi connectivity index (χ1v) is 3.50. The van der Waals surface area contributed by atoms with Gasteiger partial charge in [-0.1, -0.05) is 5.16 Å². The highest BCUT2D eigenvalue weighted by Gasteiger charge is 2.18. The quantitative estimate of drug-likeness (QED) is 0.686. The van der Waals surface area contributed by atoms with E-state index in [0.29, 0.717) is 18.0 Å². The summed E-state index contributed by atoms with van der Waals surface area (Å²) in [7, 11) is 1.72. The number of aromatic nitrogens is 1. The molecule has 1 rings (SSSR count). The normalized spacial score (nSPS) is 10.2. The van der Waals surface area contributed by atoms with Crippen LogP contribution in [0.1, 0.15) is 21.8 Å². The van der Waals surface area contributed by atoms with Gasteiger partial charge >= 0.3 is 5.97 Å². The predicted octanol–water partition coefficient (Wildman–Crippen LogP) is 0.401. The van der Waals surface area contributed by atoms with E-state index in [1.54, 1.807) is 14.0 Å². The molecule has 0 saturated carbocycles. The maximum atomic E-state index is 10.7. The minimum atomic E-state index is -1.00. The van der Waals surface area contributed by atoms with Gasteiger partial charge in [0.15, 0.2) is 0 Å². The highest BCUT2D eigenvalue weighted by atomic mass is 16.5. The van der Waals surface area contributed by atoms with Crippen molar-refractivity contribution in [2.75, 3.05) is 7.05 Å². The van der Waals surface area contributed by atoms with Crippen molar-refractivity contribution in [2.45, 2.75) is 13.5 Å². The Kier molecular flexibility index (Phi) is 2.44. The van der Waals surface area contributed by atoms with Crippen LogP contribution < -0.4 is 5.32 Å². The summed E-state index contributed by atoms with van der Waals surface area (Å²) in [6, 6.07) is 0. The predicted molar refractivity (Wildman–Crippen MR) is 41.0 cm³/mol. The van der Waals surface area contributed by atoms with Crippen LogP contribution in [0, 0.1) is 6.92 Å². The van der Waals surface area contributed by atoms with Crippen LogP contribution in [0.15, 0.2) is 4.52 Å². The van der Waals surface area contributed by atoms with E-state index >= 15 is 0 Å². The van der Waals surface area contributed by atoms with Gasteiger partial charge in [0.1, 0.15) is 17.0 Å². The summed E-state index contributed by atoms with van der Waals surface area (Å²) < 4.78 is 4.74. The Morgan fingerprint density at radius 2 is 2.42 bits per heavy atom. The molecular weight excluding hydrogens is 160 g/mol. The van der Waals surface area contributed by atoms with Gasteiger partial charge in [-0.25, -0.2) is 4.79 Å². The summed E-state index contributed by atoms with van der Waals surface area (Å²) in [5.41, 5.74) is 0.590. The molecule has 0 fully saturated rings. The molecule has 0 bridgehead atoms. The molecule has 0 saturated heterocycles. The van der Waals surface area contributed by atoms with E-state index in [0.717, 1.165) is 0 Å². The second-order valence-corrected chi connectivity index (χ2v) is 2.40. The van der Waals surface area contributed by atoms with Crippen LogP contribution in [-0.2, 0) is 6.54 Å². The fourth-order valence-corrected chi connectivity index (χ4v) is 0.980. The zero-order chi connectivity index (χ0) is 9.14. The van der Waals surface area contributed by atoms with Gasteiger partial charge in [0.25, 0.3) is 0 Å². The van der Waals surface area contributed by atoms with Crippen molar-refractivity contribution in [3.8, 4) is 0 Å². The van der Waals surface area contributed by atoms with Gasteiger partial charge in [0.2, 0.25) is 0 Å². The number of nitrogens with zero attached hydrogens (tertiary/aromatic N) is 1. The number of carboxylic acid groups (broad SMARTS) is 1. The second-order valence-electron chi connectivity index (χ2n) is 2.40. The first-order chi connectivity index (χ1) is 5.66. The molecule has 0 aliphatic rings. The average molecular weight is 170 g/mol. The molecule has 0 aliphatic carbocycles. The van der Waals surface area contributed by atoms with Gasteiger partial charge in [-0.15, -0.1) is 0 Å². The Morgan fingerprint density at radius 3 is 2.92 bits per heavy atom. The fourth-order valence-electron chi connectivity index (χ4n) is 0.980. The van der Waals surface area contributed by atoms with Crippen molar-refractivity contribution < 1.29 is 14.4 Å². The van der Waals surface area contributed by atoms with Crippen molar-refractivity contribution in [1.29, 1.82) is 0 Å². The van der Waals surface area contributed by atoms with E-state index in [4.69, 9.17) is 9.63 Å². The first-order valence-electron chi connectivity index (χ1n) is 3.50.